The summed E-state index contributed by atoms with van der Waals surface area (Å²) in [6.07, 6.45) is 2.99. The van der Waals surface area contributed by atoms with Crippen LogP contribution in [0.2, 0.25) is 10.0 Å². The lowest BCUT2D eigenvalue weighted by atomic mass is 9.91. The van der Waals surface area contributed by atoms with E-state index in [1.165, 1.54) is 0 Å². The van der Waals surface area contributed by atoms with Crippen LogP contribution in [-0.2, 0) is 20.9 Å². The molecule has 4 nitrogen and oxygen atoms in total. The molecule has 0 saturated carbocycles. The van der Waals surface area contributed by atoms with Gasteiger partial charge in [-0.2, -0.15) is 0 Å². The zero-order valence-electron chi connectivity index (χ0n) is 13.0. The number of halogens is 2. The molecule has 0 unspecified atom stereocenters. The molecule has 1 aliphatic rings. The molecule has 1 amide bonds. The Morgan fingerprint density at radius 2 is 1.83 bits per heavy atom. The number of hydrogen-bond donors (Lipinski definition) is 1. The molecule has 124 valence electrons. The summed E-state index contributed by atoms with van der Waals surface area (Å²) in [5, 5.41) is 3.76. The van der Waals surface area contributed by atoms with E-state index in [2.05, 4.69) is 5.32 Å². The monoisotopic (exact) mass is 355 g/mol. The first-order valence-electron chi connectivity index (χ1n) is 7.64. The van der Waals surface area contributed by atoms with Crippen LogP contribution in [-0.4, -0.2) is 18.5 Å². The summed E-state index contributed by atoms with van der Waals surface area (Å²) in [5.74, 6) is -0.606. The van der Waals surface area contributed by atoms with E-state index in [4.69, 9.17) is 27.9 Å². The van der Waals surface area contributed by atoms with Crippen LogP contribution >= 0.6 is 23.2 Å². The van der Waals surface area contributed by atoms with E-state index >= 15 is 0 Å². The first-order valence-corrected chi connectivity index (χ1v) is 8.39. The van der Waals surface area contributed by atoms with Gasteiger partial charge in [0.15, 0.2) is 0 Å². The molecule has 1 aliphatic carbocycles. The van der Waals surface area contributed by atoms with Gasteiger partial charge in [-0.1, -0.05) is 29.3 Å². The summed E-state index contributed by atoms with van der Waals surface area (Å²) in [6.45, 7) is 2.39. The van der Waals surface area contributed by atoms with Crippen molar-refractivity contribution in [2.24, 2.45) is 0 Å². The van der Waals surface area contributed by atoms with Gasteiger partial charge in [-0.05, 0) is 50.3 Å². The maximum absolute atomic E-state index is 12.4. The SMILES string of the molecule is CCOC(=O)C1=C(C(=O)NCc2ccc(Cl)c(Cl)c2)CCCC1. The molecule has 2 rings (SSSR count). The maximum Gasteiger partial charge on any atom is 0.334 e. The maximum atomic E-state index is 12.4. The van der Waals surface area contributed by atoms with Gasteiger partial charge in [0.2, 0.25) is 5.91 Å². The Morgan fingerprint density at radius 3 is 2.48 bits per heavy atom. The molecule has 0 aromatic heterocycles. The fourth-order valence-electron chi connectivity index (χ4n) is 2.54. The van der Waals surface area contributed by atoms with Crippen molar-refractivity contribution in [2.45, 2.75) is 39.2 Å². The van der Waals surface area contributed by atoms with Gasteiger partial charge in [-0.15, -0.1) is 0 Å². The highest BCUT2D eigenvalue weighted by Crippen LogP contribution is 2.26. The highest BCUT2D eigenvalue weighted by molar-refractivity contribution is 6.42. The van der Waals surface area contributed by atoms with Gasteiger partial charge in [0.1, 0.15) is 0 Å². The number of rotatable bonds is 5. The molecule has 0 atom stereocenters. The third-order valence-corrected chi connectivity index (χ3v) is 4.44. The predicted molar refractivity (Wildman–Crippen MR) is 90.4 cm³/mol. The molecule has 1 aromatic carbocycles. The summed E-state index contributed by atoms with van der Waals surface area (Å²) in [4.78, 5) is 24.4. The van der Waals surface area contributed by atoms with Crippen LogP contribution in [0.15, 0.2) is 29.3 Å². The Morgan fingerprint density at radius 1 is 1.13 bits per heavy atom. The van der Waals surface area contributed by atoms with Crippen LogP contribution in [0.3, 0.4) is 0 Å². The summed E-state index contributed by atoms with van der Waals surface area (Å²) in [6, 6.07) is 5.21. The van der Waals surface area contributed by atoms with E-state index < -0.39 is 0 Å². The van der Waals surface area contributed by atoms with Crippen LogP contribution in [0.25, 0.3) is 0 Å². The smallest absolute Gasteiger partial charge is 0.334 e. The standard InChI is InChI=1S/C17H19Cl2NO3/c1-2-23-17(22)13-6-4-3-5-12(13)16(21)20-10-11-7-8-14(18)15(19)9-11/h7-9H,2-6,10H2,1H3,(H,20,21). The second-order valence-electron chi connectivity index (χ2n) is 5.32. The van der Waals surface area contributed by atoms with Crippen molar-refractivity contribution in [3.8, 4) is 0 Å². The quantitative estimate of drug-likeness (QED) is 0.810. The molecule has 0 aliphatic heterocycles. The van der Waals surface area contributed by atoms with Crippen molar-refractivity contribution < 1.29 is 14.3 Å². The lowest BCUT2D eigenvalue weighted by Gasteiger charge is -2.18. The first kappa shape index (κ1) is 17.8. The highest BCUT2D eigenvalue weighted by Gasteiger charge is 2.24. The Kier molecular flexibility index (Phi) is 6.48. The van der Waals surface area contributed by atoms with Gasteiger partial charge >= 0.3 is 5.97 Å². The van der Waals surface area contributed by atoms with E-state index in [1.54, 1.807) is 25.1 Å². The molecule has 1 aromatic rings. The average molecular weight is 356 g/mol. The Bertz CT molecular complexity index is 641. The Balaban J connectivity index is 2.07. The second kappa shape index (κ2) is 8.37. The fraction of sp³-hybridized carbons (Fsp3) is 0.412. The summed E-state index contributed by atoms with van der Waals surface area (Å²) in [7, 11) is 0. The van der Waals surface area contributed by atoms with Gasteiger partial charge in [0.05, 0.1) is 16.7 Å². The predicted octanol–water partition coefficient (Wildman–Crippen LogP) is 4.04. The van der Waals surface area contributed by atoms with Gasteiger partial charge in [0, 0.05) is 17.7 Å². The van der Waals surface area contributed by atoms with Gasteiger partial charge in [-0.3, -0.25) is 4.79 Å². The molecular formula is C17H19Cl2NO3. The molecule has 23 heavy (non-hydrogen) atoms. The Hall–Kier alpha value is -1.52. The molecule has 6 heteroatoms. The number of esters is 1. The van der Waals surface area contributed by atoms with Crippen LogP contribution in [0, 0.1) is 0 Å². The van der Waals surface area contributed by atoms with Crippen molar-refractivity contribution in [2.75, 3.05) is 6.61 Å². The van der Waals surface area contributed by atoms with E-state index in [0.29, 0.717) is 47.2 Å². The molecule has 0 bridgehead atoms. The van der Waals surface area contributed by atoms with Crippen molar-refractivity contribution in [1.29, 1.82) is 0 Å². The third kappa shape index (κ3) is 4.72. The zero-order chi connectivity index (χ0) is 16.8. The van der Waals surface area contributed by atoms with Crippen LogP contribution in [0.5, 0.6) is 0 Å². The van der Waals surface area contributed by atoms with Crippen molar-refractivity contribution >= 4 is 35.1 Å². The number of amides is 1. The van der Waals surface area contributed by atoms with E-state index in [1.807, 2.05) is 0 Å². The number of hydrogen-bond acceptors (Lipinski definition) is 3. The van der Waals surface area contributed by atoms with Gasteiger partial charge < -0.3 is 10.1 Å². The summed E-state index contributed by atoms with van der Waals surface area (Å²) in [5.41, 5.74) is 1.89. The first-order chi connectivity index (χ1) is 11.0. The summed E-state index contributed by atoms with van der Waals surface area (Å²) >= 11 is 11.8. The second-order valence-corrected chi connectivity index (χ2v) is 6.13. The van der Waals surface area contributed by atoms with Crippen molar-refractivity contribution in [1.82, 2.24) is 5.32 Å². The molecular weight excluding hydrogens is 337 g/mol. The third-order valence-electron chi connectivity index (χ3n) is 3.70. The van der Waals surface area contributed by atoms with Gasteiger partial charge in [0.25, 0.3) is 0 Å². The minimum absolute atomic E-state index is 0.223. The Labute approximate surface area is 145 Å². The van der Waals surface area contributed by atoms with Crippen LogP contribution < -0.4 is 5.32 Å². The van der Waals surface area contributed by atoms with E-state index in [9.17, 15) is 9.59 Å². The summed E-state index contributed by atoms with van der Waals surface area (Å²) < 4.78 is 5.04. The van der Waals surface area contributed by atoms with Crippen molar-refractivity contribution in [3.05, 3.63) is 45.0 Å². The number of carbonyl (C=O) groups excluding carboxylic acids is 2. The minimum atomic E-state index is -0.383. The normalized spacial score (nSPS) is 14.6. The molecule has 0 radical (unpaired) electrons. The average Bonchev–Trinajstić information content (AvgIpc) is 2.56. The van der Waals surface area contributed by atoms with Gasteiger partial charge in [-0.25, -0.2) is 4.79 Å². The number of nitrogens with one attached hydrogen (secondary N) is 1. The topological polar surface area (TPSA) is 55.4 Å². The number of ether oxygens (including phenoxy) is 1. The minimum Gasteiger partial charge on any atom is -0.463 e. The zero-order valence-corrected chi connectivity index (χ0v) is 14.5. The lowest BCUT2D eigenvalue weighted by Crippen LogP contribution is -2.28. The van der Waals surface area contributed by atoms with Crippen molar-refractivity contribution in [3.63, 3.8) is 0 Å². The highest BCUT2D eigenvalue weighted by atomic mass is 35.5. The number of carbonyl (C=O) groups is 2. The lowest BCUT2D eigenvalue weighted by molar-refractivity contribution is -0.139. The molecule has 0 spiro atoms. The molecule has 0 saturated heterocycles. The number of benzene rings is 1. The van der Waals surface area contributed by atoms with E-state index in [0.717, 1.165) is 18.4 Å². The molecule has 0 fully saturated rings. The van der Waals surface area contributed by atoms with Crippen LogP contribution in [0.1, 0.15) is 38.2 Å². The van der Waals surface area contributed by atoms with E-state index in [-0.39, 0.29) is 11.9 Å². The van der Waals surface area contributed by atoms with Crippen LogP contribution in [0.4, 0.5) is 0 Å². The molecule has 0 heterocycles. The fourth-order valence-corrected chi connectivity index (χ4v) is 2.86. The molecule has 1 N–H and O–H groups in total. The largest absolute Gasteiger partial charge is 0.463 e.